The molecule has 10 heteroatoms. The first-order chi connectivity index (χ1) is 18.9. The smallest absolute Gasteiger partial charge is 0.311 e. The Morgan fingerprint density at radius 2 is 1.68 bits per heavy atom. The maximum atomic E-state index is 15.1. The fourth-order valence-corrected chi connectivity index (χ4v) is 6.64. The molecule has 3 saturated carbocycles. The summed E-state index contributed by atoms with van der Waals surface area (Å²) in [5, 5.41) is 3.30. The van der Waals surface area contributed by atoms with Crippen LogP contribution in [0, 0.1) is 34.9 Å². The number of methoxy groups -OCH3 is 2. The van der Waals surface area contributed by atoms with Crippen LogP contribution in [0.5, 0.6) is 11.5 Å². The van der Waals surface area contributed by atoms with E-state index in [1.165, 1.54) is 20.3 Å². The number of benzene rings is 1. The van der Waals surface area contributed by atoms with E-state index in [-0.39, 0.29) is 46.9 Å². The molecule has 3 aliphatic carbocycles. The van der Waals surface area contributed by atoms with Crippen LogP contribution in [0.3, 0.4) is 0 Å². The molecule has 0 heterocycles. The van der Waals surface area contributed by atoms with E-state index >= 15 is 4.48 Å². The fraction of sp³-hybridized carbons (Fsp3) is 0.700. The van der Waals surface area contributed by atoms with E-state index in [2.05, 4.69) is 5.32 Å². The van der Waals surface area contributed by atoms with E-state index in [0.717, 1.165) is 25.3 Å². The number of hydrogen-bond acceptors (Lipinski definition) is 6. The number of carbonyl (C=O) groups excluding carboxylic acids is 3. The van der Waals surface area contributed by atoms with Crippen LogP contribution in [0.2, 0.25) is 0 Å². The number of ether oxygens (including phenoxy) is 3. The average molecular weight is 565 g/mol. The summed E-state index contributed by atoms with van der Waals surface area (Å²) in [6.45, 7) is 7.24. The molecule has 5 atom stereocenters. The molecule has 0 radical (unpaired) electrons. The van der Waals surface area contributed by atoms with Crippen molar-refractivity contribution in [3.05, 3.63) is 23.5 Å². The van der Waals surface area contributed by atoms with Gasteiger partial charge in [-0.25, -0.2) is 4.39 Å². The van der Waals surface area contributed by atoms with E-state index < -0.39 is 41.0 Å². The van der Waals surface area contributed by atoms with Crippen LogP contribution < -0.4 is 14.8 Å². The van der Waals surface area contributed by atoms with Crippen LogP contribution in [0.4, 0.5) is 8.87 Å². The van der Waals surface area contributed by atoms with Crippen molar-refractivity contribution in [2.45, 2.75) is 90.8 Å². The summed E-state index contributed by atoms with van der Waals surface area (Å²) in [5.41, 5.74) is -0.523. The zero-order valence-corrected chi connectivity index (χ0v) is 24.3. The molecule has 0 unspecified atom stereocenters. The van der Waals surface area contributed by atoms with E-state index in [4.69, 9.17) is 14.2 Å². The normalized spacial score (nSPS) is 30.1. The Morgan fingerprint density at radius 1 is 1.02 bits per heavy atom. The molecule has 3 aliphatic rings. The molecule has 4 rings (SSSR count). The van der Waals surface area contributed by atoms with Gasteiger partial charge in [0.05, 0.1) is 43.3 Å². The molecule has 2 bridgehead atoms. The van der Waals surface area contributed by atoms with E-state index in [1.807, 2.05) is 20.8 Å². The molecule has 1 aromatic carbocycles. The monoisotopic (exact) mass is 564 g/mol. The number of nitrogens with zero attached hydrogens (tertiary/aromatic N) is 1. The van der Waals surface area contributed by atoms with Crippen molar-refractivity contribution in [2.75, 3.05) is 14.2 Å². The second-order valence-corrected chi connectivity index (χ2v) is 12.3. The number of esters is 1. The molecule has 222 valence electrons. The topological polar surface area (TPSA) is 94.2 Å². The first-order valence-electron chi connectivity index (χ1n) is 14.3. The molecule has 0 aliphatic heterocycles. The molecular weight excluding hydrogens is 522 g/mol. The lowest BCUT2D eigenvalue weighted by Crippen LogP contribution is -2.51. The van der Waals surface area contributed by atoms with Crippen molar-refractivity contribution >= 4 is 17.8 Å². The van der Waals surface area contributed by atoms with E-state index in [0.29, 0.717) is 30.8 Å². The SMILES string of the molecule is COc1cc(F)c(O[C@H]2CC[C@@](C)(C(=O)OC)CC2)cc1C(=O)N[C@@H]1[C@H]2CC[C@H](C2)[C@@H]1C(=O)N(F)[C@H](C)C(C)C. The number of fused-ring (bicyclic) bond motifs is 2. The summed E-state index contributed by atoms with van der Waals surface area (Å²) in [6.07, 6.45) is 4.24. The molecule has 0 aromatic heterocycles. The van der Waals surface area contributed by atoms with Gasteiger partial charge in [0.25, 0.3) is 11.8 Å². The summed E-state index contributed by atoms with van der Waals surface area (Å²) in [7, 11) is 2.71. The fourth-order valence-electron chi connectivity index (χ4n) is 6.64. The van der Waals surface area contributed by atoms with Crippen LogP contribution >= 0.6 is 0 Å². The van der Waals surface area contributed by atoms with Gasteiger partial charge in [-0.1, -0.05) is 18.3 Å². The van der Waals surface area contributed by atoms with Gasteiger partial charge < -0.3 is 19.5 Å². The van der Waals surface area contributed by atoms with Crippen LogP contribution in [-0.2, 0) is 14.3 Å². The second kappa shape index (κ2) is 11.9. The largest absolute Gasteiger partial charge is 0.496 e. The Kier molecular flexibility index (Phi) is 8.95. The van der Waals surface area contributed by atoms with Crippen molar-refractivity contribution in [1.82, 2.24) is 10.4 Å². The number of nitrogens with one attached hydrogen (secondary N) is 1. The molecule has 3 fully saturated rings. The third-order valence-corrected chi connectivity index (χ3v) is 9.54. The number of amides is 2. The number of halogens is 2. The molecule has 8 nitrogen and oxygen atoms in total. The standard InChI is InChI=1S/C30H42F2N2O6/c1-16(2)17(3)34(32)28(36)25-18-7-8-19(13-18)26(25)33-27(35)21-14-24(22(31)15-23(21)38-5)40-20-9-11-30(4,12-10-20)29(37)39-6/h14-20,25-26H,7-13H2,1-6H3,(H,33,35)/t17-,18-,19+,20-,25+,26-,30+/m1/s1. The molecule has 0 spiro atoms. The van der Waals surface area contributed by atoms with Crippen molar-refractivity contribution in [3.8, 4) is 11.5 Å². The molecule has 1 N–H and O–H groups in total. The summed E-state index contributed by atoms with van der Waals surface area (Å²) in [5.74, 6) is -2.73. The van der Waals surface area contributed by atoms with Crippen LogP contribution in [-0.4, -0.2) is 55.3 Å². The Balaban J connectivity index is 1.50. The maximum Gasteiger partial charge on any atom is 0.311 e. The average Bonchev–Trinajstić information content (AvgIpc) is 3.55. The van der Waals surface area contributed by atoms with Gasteiger partial charge in [-0.2, -0.15) is 5.12 Å². The van der Waals surface area contributed by atoms with Crippen LogP contribution in [0.1, 0.15) is 83.0 Å². The lowest BCUT2D eigenvalue weighted by molar-refractivity contribution is -0.161. The highest BCUT2D eigenvalue weighted by Gasteiger charge is 2.53. The minimum absolute atomic E-state index is 0.0106. The second-order valence-electron chi connectivity index (χ2n) is 12.3. The molecule has 1 aromatic rings. The molecule has 0 saturated heterocycles. The Bertz CT molecular complexity index is 1120. The predicted molar refractivity (Wildman–Crippen MR) is 144 cm³/mol. The quantitative estimate of drug-likeness (QED) is 0.326. The minimum atomic E-state index is -0.668. The van der Waals surface area contributed by atoms with Crippen molar-refractivity contribution < 1.29 is 37.5 Å². The van der Waals surface area contributed by atoms with Gasteiger partial charge in [0.2, 0.25) is 0 Å². The Labute approximate surface area is 235 Å². The molecule has 40 heavy (non-hydrogen) atoms. The van der Waals surface area contributed by atoms with Crippen molar-refractivity contribution in [3.63, 3.8) is 0 Å². The summed E-state index contributed by atoms with van der Waals surface area (Å²) >= 11 is 0. The summed E-state index contributed by atoms with van der Waals surface area (Å²) < 4.78 is 46.3. The van der Waals surface area contributed by atoms with Crippen LogP contribution in [0.15, 0.2) is 12.1 Å². The summed E-state index contributed by atoms with van der Waals surface area (Å²) in [4.78, 5) is 38.9. The van der Waals surface area contributed by atoms with Crippen molar-refractivity contribution in [1.29, 1.82) is 0 Å². The van der Waals surface area contributed by atoms with Gasteiger partial charge in [0, 0.05) is 12.1 Å². The first kappa shape index (κ1) is 30.1. The highest BCUT2D eigenvalue weighted by Crippen LogP contribution is 2.49. The molecular formula is C30H42F2N2O6. The Hall–Kier alpha value is -2.91. The minimum Gasteiger partial charge on any atom is -0.496 e. The lowest BCUT2D eigenvalue weighted by Gasteiger charge is -2.35. The van der Waals surface area contributed by atoms with Crippen molar-refractivity contribution in [2.24, 2.45) is 29.1 Å². The van der Waals surface area contributed by atoms with Gasteiger partial charge >= 0.3 is 5.97 Å². The zero-order valence-electron chi connectivity index (χ0n) is 24.3. The summed E-state index contributed by atoms with van der Waals surface area (Å²) in [6, 6.07) is 1.34. The predicted octanol–water partition coefficient (Wildman–Crippen LogP) is 5.24. The highest BCUT2D eigenvalue weighted by atomic mass is 19.2. The third kappa shape index (κ3) is 5.77. The third-order valence-electron chi connectivity index (χ3n) is 9.54. The number of hydrogen-bond donors (Lipinski definition) is 1. The van der Waals surface area contributed by atoms with E-state index in [1.54, 1.807) is 6.92 Å². The lowest BCUT2D eigenvalue weighted by atomic mass is 9.75. The molecule has 2 amide bonds. The number of rotatable bonds is 9. The van der Waals surface area contributed by atoms with Gasteiger partial charge in [0.1, 0.15) is 5.75 Å². The van der Waals surface area contributed by atoms with Gasteiger partial charge in [-0.05, 0) is 82.6 Å². The maximum absolute atomic E-state index is 15.1. The zero-order chi connectivity index (χ0) is 29.4. The van der Waals surface area contributed by atoms with Crippen LogP contribution in [0.25, 0.3) is 0 Å². The first-order valence-corrected chi connectivity index (χ1v) is 14.3. The van der Waals surface area contributed by atoms with Gasteiger partial charge in [0.15, 0.2) is 11.6 Å². The Morgan fingerprint density at radius 3 is 2.27 bits per heavy atom. The van der Waals surface area contributed by atoms with Gasteiger partial charge in [-0.3, -0.25) is 14.4 Å². The highest BCUT2D eigenvalue weighted by molar-refractivity contribution is 5.98. The number of carbonyl (C=O) groups is 3. The van der Waals surface area contributed by atoms with Gasteiger partial charge in [-0.15, -0.1) is 0 Å². The van der Waals surface area contributed by atoms with E-state index in [9.17, 15) is 18.8 Å².